The topological polar surface area (TPSA) is 63.6 Å². The molecule has 1 saturated carbocycles. The molecule has 18 heavy (non-hydrogen) atoms. The predicted octanol–water partition coefficient (Wildman–Crippen LogP) is 2.41. The van der Waals surface area contributed by atoms with Crippen molar-refractivity contribution < 1.29 is 0 Å². The highest BCUT2D eigenvalue weighted by atomic mass is 35.5. The van der Waals surface area contributed by atoms with Crippen molar-refractivity contribution in [3.63, 3.8) is 0 Å². The molecule has 0 amide bonds. The van der Waals surface area contributed by atoms with Crippen LogP contribution >= 0.6 is 11.6 Å². The molecule has 2 aromatic rings. The predicted molar refractivity (Wildman–Crippen MR) is 68.4 cm³/mol. The van der Waals surface area contributed by atoms with Gasteiger partial charge in [-0.15, -0.1) is 0 Å². The van der Waals surface area contributed by atoms with Gasteiger partial charge in [0.05, 0.1) is 12.2 Å². The largest absolute Gasteiger partial charge is 0.364 e. The third-order valence-corrected chi connectivity index (χ3v) is 2.93. The normalized spacial score (nSPS) is 14.5. The van der Waals surface area contributed by atoms with Crippen LogP contribution in [0.25, 0.3) is 0 Å². The lowest BCUT2D eigenvalue weighted by Crippen LogP contribution is -2.05. The van der Waals surface area contributed by atoms with E-state index in [0.717, 1.165) is 30.2 Å². The van der Waals surface area contributed by atoms with Crippen LogP contribution in [-0.4, -0.2) is 20.2 Å². The zero-order chi connectivity index (χ0) is 12.4. The Morgan fingerprint density at radius 2 is 2.22 bits per heavy atom. The van der Waals surface area contributed by atoms with E-state index in [9.17, 15) is 0 Å². The molecule has 2 heterocycles. The van der Waals surface area contributed by atoms with E-state index in [2.05, 4.69) is 25.5 Å². The summed E-state index contributed by atoms with van der Waals surface area (Å²) in [5.41, 5.74) is 0.861. The fourth-order valence-corrected chi connectivity index (χ4v) is 1.85. The fraction of sp³-hybridized carbons (Fsp3) is 0.333. The molecule has 2 aromatic heterocycles. The summed E-state index contributed by atoms with van der Waals surface area (Å²) in [5.74, 6) is 2.06. The second-order valence-electron chi connectivity index (χ2n) is 4.28. The number of hydrogen-bond donors (Lipinski definition) is 1. The van der Waals surface area contributed by atoms with Gasteiger partial charge >= 0.3 is 0 Å². The van der Waals surface area contributed by atoms with Crippen molar-refractivity contribution in [3.8, 4) is 0 Å². The minimum atomic E-state index is 0.480. The maximum absolute atomic E-state index is 5.98. The molecular formula is C12H12ClN5. The van der Waals surface area contributed by atoms with Gasteiger partial charge in [-0.1, -0.05) is 11.6 Å². The number of nitrogens with one attached hydrogen (secondary N) is 1. The number of nitrogens with zero attached hydrogens (tertiary/aromatic N) is 4. The van der Waals surface area contributed by atoms with Gasteiger partial charge in [-0.05, 0) is 25.0 Å². The van der Waals surface area contributed by atoms with Crippen molar-refractivity contribution in [2.24, 2.45) is 0 Å². The van der Waals surface area contributed by atoms with Crippen LogP contribution in [0.3, 0.4) is 0 Å². The Kier molecular flexibility index (Phi) is 3.06. The van der Waals surface area contributed by atoms with Gasteiger partial charge in [0.25, 0.3) is 0 Å². The highest BCUT2D eigenvalue weighted by Crippen LogP contribution is 2.38. The van der Waals surface area contributed by atoms with Crippen LogP contribution in [0.1, 0.15) is 30.3 Å². The fourth-order valence-electron chi connectivity index (χ4n) is 1.66. The molecule has 1 aliphatic carbocycles. The molecule has 5 nitrogen and oxygen atoms in total. The first-order valence-electron chi connectivity index (χ1n) is 5.86. The average molecular weight is 262 g/mol. The summed E-state index contributed by atoms with van der Waals surface area (Å²) in [6, 6.07) is 5.49. The maximum atomic E-state index is 5.98. The minimum Gasteiger partial charge on any atom is -0.364 e. The Hall–Kier alpha value is -1.75. The third-order valence-electron chi connectivity index (χ3n) is 2.73. The molecule has 0 radical (unpaired) electrons. The van der Waals surface area contributed by atoms with E-state index < -0.39 is 0 Å². The van der Waals surface area contributed by atoms with E-state index in [1.165, 1.54) is 0 Å². The van der Waals surface area contributed by atoms with E-state index in [0.29, 0.717) is 17.6 Å². The van der Waals surface area contributed by atoms with Crippen LogP contribution in [-0.2, 0) is 6.54 Å². The van der Waals surface area contributed by atoms with Crippen molar-refractivity contribution in [2.75, 3.05) is 5.32 Å². The zero-order valence-electron chi connectivity index (χ0n) is 9.67. The molecule has 0 spiro atoms. The summed E-state index contributed by atoms with van der Waals surface area (Å²) in [6.07, 6.45) is 3.96. The molecule has 3 rings (SSSR count). The van der Waals surface area contributed by atoms with E-state index in [-0.39, 0.29) is 0 Å². The van der Waals surface area contributed by atoms with E-state index in [1.807, 2.05) is 12.1 Å². The molecule has 92 valence electrons. The molecule has 0 aliphatic heterocycles. The van der Waals surface area contributed by atoms with Gasteiger partial charge in [0, 0.05) is 18.2 Å². The standard InChI is InChI=1S/C12H12ClN5/c13-10-6-11(17-12(16-10)8-3-4-8)14-7-9-2-1-5-15-18-9/h1-2,5-6,8H,3-4,7H2,(H,14,16,17). The van der Waals surface area contributed by atoms with Crippen molar-refractivity contribution in [1.29, 1.82) is 0 Å². The molecule has 6 heteroatoms. The third kappa shape index (κ3) is 2.73. The highest BCUT2D eigenvalue weighted by molar-refractivity contribution is 6.29. The van der Waals surface area contributed by atoms with E-state index in [4.69, 9.17) is 11.6 Å². The summed E-state index contributed by atoms with van der Waals surface area (Å²) in [5, 5.41) is 11.5. The Labute approximate surface area is 110 Å². The van der Waals surface area contributed by atoms with Crippen molar-refractivity contribution >= 4 is 17.4 Å². The van der Waals surface area contributed by atoms with Gasteiger partial charge in [-0.3, -0.25) is 0 Å². The van der Waals surface area contributed by atoms with Crippen molar-refractivity contribution in [2.45, 2.75) is 25.3 Å². The zero-order valence-corrected chi connectivity index (χ0v) is 10.4. The summed E-state index contributed by atoms with van der Waals surface area (Å²) in [6.45, 7) is 0.575. The Balaban J connectivity index is 1.72. The van der Waals surface area contributed by atoms with Crippen LogP contribution in [0.5, 0.6) is 0 Å². The second kappa shape index (κ2) is 4.86. The quantitative estimate of drug-likeness (QED) is 0.857. The summed E-state index contributed by atoms with van der Waals surface area (Å²) in [4.78, 5) is 8.69. The Bertz CT molecular complexity index is 541. The second-order valence-corrected chi connectivity index (χ2v) is 4.66. The van der Waals surface area contributed by atoms with Gasteiger partial charge in [0.15, 0.2) is 0 Å². The van der Waals surface area contributed by atoms with Gasteiger partial charge in [-0.2, -0.15) is 10.2 Å². The molecule has 0 unspecified atom stereocenters. The van der Waals surface area contributed by atoms with E-state index >= 15 is 0 Å². The molecule has 1 N–H and O–H groups in total. The molecular weight excluding hydrogens is 250 g/mol. The lowest BCUT2D eigenvalue weighted by atomic mass is 10.3. The lowest BCUT2D eigenvalue weighted by molar-refractivity contribution is 0.897. The van der Waals surface area contributed by atoms with Crippen LogP contribution in [0.15, 0.2) is 24.4 Å². The maximum Gasteiger partial charge on any atom is 0.135 e. The Morgan fingerprint density at radius 1 is 1.33 bits per heavy atom. The monoisotopic (exact) mass is 261 g/mol. The first-order valence-corrected chi connectivity index (χ1v) is 6.24. The molecule has 1 aliphatic rings. The van der Waals surface area contributed by atoms with Crippen LogP contribution < -0.4 is 5.32 Å². The van der Waals surface area contributed by atoms with Crippen LogP contribution in [0.2, 0.25) is 5.15 Å². The number of aromatic nitrogens is 4. The number of anilines is 1. The lowest BCUT2D eigenvalue weighted by Gasteiger charge is -2.06. The first kappa shape index (κ1) is 11.3. The van der Waals surface area contributed by atoms with Gasteiger partial charge in [0.1, 0.15) is 16.8 Å². The minimum absolute atomic E-state index is 0.480. The molecule has 0 saturated heterocycles. The van der Waals surface area contributed by atoms with E-state index in [1.54, 1.807) is 12.3 Å². The van der Waals surface area contributed by atoms with Gasteiger partial charge in [0.2, 0.25) is 0 Å². The number of rotatable bonds is 4. The first-order chi connectivity index (χ1) is 8.81. The van der Waals surface area contributed by atoms with Crippen molar-refractivity contribution in [3.05, 3.63) is 41.1 Å². The smallest absolute Gasteiger partial charge is 0.135 e. The number of halogens is 1. The summed E-state index contributed by atoms with van der Waals surface area (Å²) in [7, 11) is 0. The highest BCUT2D eigenvalue weighted by Gasteiger charge is 2.27. The summed E-state index contributed by atoms with van der Waals surface area (Å²) < 4.78 is 0. The molecule has 0 aromatic carbocycles. The van der Waals surface area contributed by atoms with Crippen LogP contribution in [0.4, 0.5) is 5.82 Å². The van der Waals surface area contributed by atoms with Gasteiger partial charge < -0.3 is 5.32 Å². The van der Waals surface area contributed by atoms with Crippen LogP contribution in [0, 0.1) is 0 Å². The summed E-state index contributed by atoms with van der Waals surface area (Å²) >= 11 is 5.98. The number of hydrogen-bond acceptors (Lipinski definition) is 5. The molecule has 1 fully saturated rings. The average Bonchev–Trinajstić information content (AvgIpc) is 3.21. The van der Waals surface area contributed by atoms with Crippen molar-refractivity contribution in [1.82, 2.24) is 20.2 Å². The van der Waals surface area contributed by atoms with Gasteiger partial charge in [-0.25, -0.2) is 9.97 Å². The SMILES string of the molecule is Clc1cc(NCc2cccnn2)nc(C2CC2)n1. The molecule has 0 atom stereocenters. The molecule has 0 bridgehead atoms. The Morgan fingerprint density at radius 3 is 2.94 bits per heavy atom.